The molecule has 0 aliphatic heterocycles. The number of halogens is 3. The number of phenolic OH excluding ortho intramolecular Hbond substituents is 1. The molecule has 1 atom stereocenters. The molecule has 0 spiro atoms. The Kier molecular flexibility index (Phi) is 9.75. The van der Waals surface area contributed by atoms with Crippen LogP contribution >= 0.6 is 47.8 Å². The molecule has 0 heterocycles. The number of aromatic hydroxyl groups is 1. The van der Waals surface area contributed by atoms with Crippen LogP contribution in [-0.2, 0) is 9.53 Å². The van der Waals surface area contributed by atoms with Crippen LogP contribution < -0.4 is 10.8 Å². The minimum absolute atomic E-state index is 0.0297. The van der Waals surface area contributed by atoms with Crippen LogP contribution in [0.15, 0.2) is 62.0 Å². The lowest BCUT2D eigenvalue weighted by Gasteiger charge is -2.34. The van der Waals surface area contributed by atoms with E-state index in [-0.39, 0.29) is 5.75 Å². The summed E-state index contributed by atoms with van der Waals surface area (Å²) in [6.45, 7) is 3.80. The number of nitrogens with one attached hydrogen (secondary N) is 2. The molecule has 0 saturated heterocycles. The Morgan fingerprint density at radius 1 is 1.12 bits per heavy atom. The number of carbonyl (C=O) groups is 2. The molecule has 0 saturated carbocycles. The lowest BCUT2D eigenvalue weighted by molar-refractivity contribution is -0.124. The Hall–Kier alpha value is -1.88. The molecule has 7 nitrogen and oxygen atoms in total. The molecule has 172 valence electrons. The van der Waals surface area contributed by atoms with Gasteiger partial charge in [-0.3, -0.25) is 15.3 Å². The second-order valence-corrected chi connectivity index (χ2v) is 10.3. The van der Waals surface area contributed by atoms with Crippen molar-refractivity contribution >= 4 is 65.5 Å². The highest BCUT2D eigenvalue weighted by atomic mass is 79.9. The van der Waals surface area contributed by atoms with Gasteiger partial charge in [0.1, 0.15) is 11.9 Å². The van der Waals surface area contributed by atoms with Gasteiger partial charge in [0.15, 0.2) is 0 Å². The van der Waals surface area contributed by atoms with Crippen LogP contribution in [-0.4, -0.2) is 22.3 Å². The molecule has 0 aromatic heterocycles. The SMILES string of the molecule is CC(C)(CC/C=C/C(=O)NO)[C@H](OC(=O)Nc1ccc(Br)cc1)c1cc(Br)cc(Br)c1O. The number of rotatable bonds is 8. The number of ether oxygens (including phenoxy) is 1. The smallest absolute Gasteiger partial charge is 0.412 e. The zero-order chi connectivity index (χ0) is 23.9. The number of anilines is 1. The number of benzene rings is 2. The van der Waals surface area contributed by atoms with Gasteiger partial charge in [0.25, 0.3) is 5.91 Å². The van der Waals surface area contributed by atoms with Gasteiger partial charge in [-0.05, 0) is 65.2 Å². The van der Waals surface area contributed by atoms with E-state index in [0.717, 1.165) is 4.47 Å². The van der Waals surface area contributed by atoms with Crippen molar-refractivity contribution < 1.29 is 24.6 Å². The fraction of sp³-hybridized carbons (Fsp3) is 0.273. The maximum absolute atomic E-state index is 12.7. The molecule has 2 amide bonds. The predicted octanol–water partition coefficient (Wildman–Crippen LogP) is 6.84. The summed E-state index contributed by atoms with van der Waals surface area (Å²) in [6, 6.07) is 10.5. The molecule has 0 aliphatic carbocycles. The standard InChI is InChI=1S/C22H23Br3N2O5/c1-22(2,10-4-3-5-18(28)27-31)20(16-11-14(24)12-17(25)19(16)29)32-21(30)26-15-8-6-13(23)7-9-15/h3,5-9,11-12,20,29,31H,4,10H2,1-2H3,(H,26,30)(H,27,28)/b5-3+/t20-/m1/s1. The summed E-state index contributed by atoms with van der Waals surface area (Å²) in [4.78, 5) is 23.9. The zero-order valence-corrected chi connectivity index (χ0v) is 22.1. The number of carbonyl (C=O) groups excluding carboxylic acids is 2. The molecule has 10 heteroatoms. The number of hydroxylamine groups is 1. The van der Waals surface area contributed by atoms with Gasteiger partial charge in [0.2, 0.25) is 0 Å². The maximum atomic E-state index is 12.7. The molecule has 2 aromatic rings. The maximum Gasteiger partial charge on any atom is 0.412 e. The first-order valence-corrected chi connectivity index (χ1v) is 11.9. The molecular weight excluding hydrogens is 612 g/mol. The number of phenols is 1. The van der Waals surface area contributed by atoms with Crippen molar-refractivity contribution in [3.05, 3.63) is 67.5 Å². The van der Waals surface area contributed by atoms with E-state index < -0.39 is 23.5 Å². The Labute approximate surface area is 211 Å². The summed E-state index contributed by atoms with van der Waals surface area (Å²) in [5, 5.41) is 22.0. The van der Waals surface area contributed by atoms with Crippen molar-refractivity contribution in [2.45, 2.75) is 32.8 Å². The fourth-order valence-corrected chi connectivity index (χ4v) is 4.55. The number of hydrogen-bond donors (Lipinski definition) is 4. The topological polar surface area (TPSA) is 108 Å². The molecule has 0 unspecified atom stereocenters. The van der Waals surface area contributed by atoms with Crippen LogP contribution in [0.2, 0.25) is 0 Å². The van der Waals surface area contributed by atoms with Crippen molar-refractivity contribution in [2.75, 3.05) is 5.32 Å². The highest BCUT2D eigenvalue weighted by Crippen LogP contribution is 2.46. The molecule has 0 bridgehead atoms. The molecule has 0 aliphatic rings. The molecule has 4 N–H and O–H groups in total. The largest absolute Gasteiger partial charge is 0.506 e. The van der Waals surface area contributed by atoms with E-state index >= 15 is 0 Å². The predicted molar refractivity (Wildman–Crippen MR) is 133 cm³/mol. The van der Waals surface area contributed by atoms with Crippen LogP contribution in [0.4, 0.5) is 10.5 Å². The van der Waals surface area contributed by atoms with Gasteiger partial charge in [-0.25, -0.2) is 10.3 Å². The summed E-state index contributed by atoms with van der Waals surface area (Å²) >= 11 is 10.1. The third kappa shape index (κ3) is 7.61. The van der Waals surface area contributed by atoms with Crippen LogP contribution in [0.1, 0.15) is 38.4 Å². The second kappa shape index (κ2) is 11.8. The first-order valence-electron chi connectivity index (χ1n) is 9.55. The lowest BCUT2D eigenvalue weighted by atomic mass is 9.78. The fourth-order valence-electron chi connectivity index (χ4n) is 3.03. The van der Waals surface area contributed by atoms with Gasteiger partial charge in [-0.2, -0.15) is 0 Å². The van der Waals surface area contributed by atoms with Crippen molar-refractivity contribution in [3.8, 4) is 5.75 Å². The van der Waals surface area contributed by atoms with Crippen molar-refractivity contribution in [3.63, 3.8) is 0 Å². The minimum Gasteiger partial charge on any atom is -0.506 e. The average molecular weight is 635 g/mol. The van der Waals surface area contributed by atoms with Crippen molar-refractivity contribution in [1.82, 2.24) is 5.48 Å². The zero-order valence-electron chi connectivity index (χ0n) is 17.4. The number of amides is 2. The van der Waals surface area contributed by atoms with E-state index in [1.165, 1.54) is 11.6 Å². The summed E-state index contributed by atoms with van der Waals surface area (Å²) in [6.07, 6.45) is 2.34. The lowest BCUT2D eigenvalue weighted by Crippen LogP contribution is -2.29. The van der Waals surface area contributed by atoms with Crippen LogP contribution in [0, 0.1) is 5.41 Å². The summed E-state index contributed by atoms with van der Waals surface area (Å²) in [7, 11) is 0. The van der Waals surface area contributed by atoms with Gasteiger partial charge in [0.05, 0.1) is 4.47 Å². The van der Waals surface area contributed by atoms with E-state index in [9.17, 15) is 14.7 Å². The Balaban J connectivity index is 2.30. The average Bonchev–Trinajstić information content (AvgIpc) is 2.73. The molecular formula is C22H23Br3N2O5. The Bertz CT molecular complexity index is 994. The van der Waals surface area contributed by atoms with E-state index in [0.29, 0.717) is 33.0 Å². The Morgan fingerprint density at radius 2 is 1.78 bits per heavy atom. The van der Waals surface area contributed by atoms with Gasteiger partial charge in [-0.1, -0.05) is 51.8 Å². The summed E-state index contributed by atoms with van der Waals surface area (Å²) in [5.41, 5.74) is 1.90. The molecule has 0 fully saturated rings. The third-order valence-corrected chi connectivity index (χ3v) is 6.29. The molecule has 2 rings (SSSR count). The van der Waals surface area contributed by atoms with E-state index in [2.05, 4.69) is 53.1 Å². The first-order chi connectivity index (χ1) is 15.0. The normalized spacial score (nSPS) is 12.4. The first kappa shape index (κ1) is 26.4. The van der Waals surface area contributed by atoms with Crippen molar-refractivity contribution in [1.29, 1.82) is 0 Å². The number of hydrogen-bond acceptors (Lipinski definition) is 5. The van der Waals surface area contributed by atoms with Gasteiger partial charge in [-0.15, -0.1) is 0 Å². The molecule has 32 heavy (non-hydrogen) atoms. The van der Waals surface area contributed by atoms with Gasteiger partial charge in [0, 0.05) is 31.7 Å². The Morgan fingerprint density at radius 3 is 2.41 bits per heavy atom. The van der Waals surface area contributed by atoms with Crippen LogP contribution in [0.3, 0.4) is 0 Å². The molecule has 0 radical (unpaired) electrons. The summed E-state index contributed by atoms with van der Waals surface area (Å²) < 4.78 is 7.86. The van der Waals surface area contributed by atoms with Crippen LogP contribution in [0.25, 0.3) is 0 Å². The van der Waals surface area contributed by atoms with E-state index in [1.54, 1.807) is 42.5 Å². The highest BCUT2D eigenvalue weighted by molar-refractivity contribution is 9.11. The van der Waals surface area contributed by atoms with Gasteiger partial charge < -0.3 is 9.84 Å². The monoisotopic (exact) mass is 632 g/mol. The minimum atomic E-state index is -0.813. The van der Waals surface area contributed by atoms with E-state index in [4.69, 9.17) is 9.94 Å². The quantitative estimate of drug-likeness (QED) is 0.145. The highest BCUT2D eigenvalue weighted by Gasteiger charge is 2.36. The van der Waals surface area contributed by atoms with Crippen molar-refractivity contribution in [2.24, 2.45) is 5.41 Å². The summed E-state index contributed by atoms with van der Waals surface area (Å²) in [5.74, 6) is -0.657. The van der Waals surface area contributed by atoms with Gasteiger partial charge >= 0.3 is 6.09 Å². The molecule has 2 aromatic carbocycles. The van der Waals surface area contributed by atoms with Crippen LogP contribution in [0.5, 0.6) is 5.75 Å². The third-order valence-electron chi connectivity index (χ3n) is 4.70. The van der Waals surface area contributed by atoms with E-state index in [1.807, 2.05) is 13.8 Å². The second-order valence-electron chi connectivity index (χ2n) is 7.65. The number of allylic oxidation sites excluding steroid dienone is 1.